The number of carbonyl (C=O) groups is 3. The topological polar surface area (TPSA) is 51.2 Å². The Bertz CT molecular complexity index is 769. The lowest BCUT2D eigenvalue weighted by atomic mass is 9.44. The lowest BCUT2D eigenvalue weighted by molar-refractivity contribution is -0.113. The first-order valence-electron chi connectivity index (χ1n) is 12.7. The number of allylic oxidation sites excluding steroid dienone is 4. The van der Waals surface area contributed by atoms with E-state index >= 15 is 0 Å². The summed E-state index contributed by atoms with van der Waals surface area (Å²) < 4.78 is 0. The molecule has 4 saturated carbocycles. The van der Waals surface area contributed by atoms with Gasteiger partial charge in [-0.3, -0.25) is 14.4 Å². The molecule has 4 rings (SSSR count). The van der Waals surface area contributed by atoms with Gasteiger partial charge in [-0.1, -0.05) is 45.8 Å². The Hall–Kier alpha value is -1.51. The molecule has 4 fully saturated rings. The molecule has 4 aliphatic rings. The second kappa shape index (κ2) is 8.79. The summed E-state index contributed by atoms with van der Waals surface area (Å²) >= 11 is 0. The van der Waals surface area contributed by atoms with Crippen LogP contribution < -0.4 is 0 Å². The lowest BCUT2D eigenvalue weighted by Gasteiger charge is -2.60. The molecule has 0 N–H and O–H groups in total. The van der Waals surface area contributed by atoms with E-state index in [4.69, 9.17) is 0 Å². The fraction of sp³-hybridized carbons (Fsp3) is 0.750. The summed E-state index contributed by atoms with van der Waals surface area (Å²) in [5, 5.41) is 0. The van der Waals surface area contributed by atoms with Crippen molar-refractivity contribution < 1.29 is 14.4 Å². The summed E-state index contributed by atoms with van der Waals surface area (Å²) in [6.07, 6.45) is 19.3. The van der Waals surface area contributed by atoms with Crippen LogP contribution in [-0.4, -0.2) is 18.9 Å². The van der Waals surface area contributed by atoms with Gasteiger partial charge in [0.15, 0.2) is 18.9 Å². The number of carbonyl (C=O) groups excluding carboxylic acids is 3. The molecule has 31 heavy (non-hydrogen) atoms. The van der Waals surface area contributed by atoms with Gasteiger partial charge in [0, 0.05) is 5.57 Å². The van der Waals surface area contributed by atoms with E-state index in [0.717, 1.165) is 23.7 Å². The van der Waals surface area contributed by atoms with Crippen molar-refractivity contribution in [1.82, 2.24) is 0 Å². The van der Waals surface area contributed by atoms with Gasteiger partial charge >= 0.3 is 0 Å². The summed E-state index contributed by atoms with van der Waals surface area (Å²) in [6.45, 7) is 7.44. The van der Waals surface area contributed by atoms with Gasteiger partial charge in [-0.25, -0.2) is 0 Å². The minimum atomic E-state index is -0.0630. The second-order valence-corrected chi connectivity index (χ2v) is 11.6. The van der Waals surface area contributed by atoms with Gasteiger partial charge in [0.1, 0.15) is 0 Å². The van der Waals surface area contributed by atoms with E-state index in [1.165, 1.54) is 64.2 Å². The van der Waals surface area contributed by atoms with Crippen LogP contribution in [0.5, 0.6) is 0 Å². The van der Waals surface area contributed by atoms with Gasteiger partial charge < -0.3 is 0 Å². The molecule has 0 aromatic rings. The number of aldehydes is 3. The standard InChI is InChI=1S/C28H40O3/c1-19(7-8-20(16-29)21(17-30)18-31)24-11-12-25-23-10-9-22-6-4-5-14-27(22,2)26(23)13-15-28(24,25)3/h7-8,16-19,22-26H,4-6,9-15H2,1-3H3/t19-,22?,23+,24-,25+,26+,27+,28-/m1/s1. The van der Waals surface area contributed by atoms with Crippen molar-refractivity contribution in [1.29, 1.82) is 0 Å². The third kappa shape index (κ3) is 3.70. The zero-order valence-corrected chi connectivity index (χ0v) is 19.6. The molecule has 170 valence electrons. The van der Waals surface area contributed by atoms with Crippen LogP contribution in [-0.2, 0) is 14.4 Å². The highest BCUT2D eigenvalue weighted by Crippen LogP contribution is 2.68. The van der Waals surface area contributed by atoms with Crippen molar-refractivity contribution in [2.45, 2.75) is 85.0 Å². The Balaban J connectivity index is 1.53. The zero-order chi connectivity index (χ0) is 22.2. The first kappa shape index (κ1) is 22.7. The summed E-state index contributed by atoms with van der Waals surface area (Å²) in [4.78, 5) is 33.5. The van der Waals surface area contributed by atoms with Gasteiger partial charge in [0.2, 0.25) is 0 Å². The number of fused-ring (bicyclic) bond motifs is 5. The van der Waals surface area contributed by atoms with Crippen LogP contribution in [0.4, 0.5) is 0 Å². The Morgan fingerprint density at radius 2 is 1.48 bits per heavy atom. The van der Waals surface area contributed by atoms with Gasteiger partial charge in [0.05, 0.1) is 5.57 Å². The molecule has 1 unspecified atom stereocenters. The maximum absolute atomic E-state index is 11.4. The van der Waals surface area contributed by atoms with Crippen LogP contribution in [0, 0.1) is 46.3 Å². The average molecular weight is 425 g/mol. The summed E-state index contributed by atoms with van der Waals surface area (Å²) in [6, 6.07) is 0. The van der Waals surface area contributed by atoms with Crippen LogP contribution in [0.1, 0.15) is 85.0 Å². The molecule has 0 aromatic heterocycles. The van der Waals surface area contributed by atoms with E-state index in [0.29, 0.717) is 41.5 Å². The molecule has 0 radical (unpaired) electrons. The van der Waals surface area contributed by atoms with Crippen molar-refractivity contribution in [3.63, 3.8) is 0 Å². The highest BCUT2D eigenvalue weighted by Gasteiger charge is 2.59. The fourth-order valence-corrected chi connectivity index (χ4v) is 8.96. The SMILES string of the molecule is C[C@H](C=CC(C=O)=C(C=O)C=O)[C@H]1CC[C@H]2[C@@H]3CCC4CCCC[C@]4(C)[C@H]3CC[C@]12C. The molecule has 0 amide bonds. The van der Waals surface area contributed by atoms with Crippen LogP contribution >= 0.6 is 0 Å². The van der Waals surface area contributed by atoms with Gasteiger partial charge in [-0.15, -0.1) is 0 Å². The van der Waals surface area contributed by atoms with E-state index in [-0.39, 0.29) is 11.1 Å². The van der Waals surface area contributed by atoms with Crippen molar-refractivity contribution in [3.8, 4) is 0 Å². The number of rotatable bonds is 6. The smallest absolute Gasteiger partial charge is 0.154 e. The van der Waals surface area contributed by atoms with Crippen molar-refractivity contribution in [2.24, 2.45) is 46.3 Å². The van der Waals surface area contributed by atoms with Crippen LogP contribution in [0.15, 0.2) is 23.3 Å². The predicted octanol–water partition coefficient (Wildman–Crippen LogP) is 6.12. The molecule has 0 bridgehead atoms. The van der Waals surface area contributed by atoms with Gasteiger partial charge in [-0.05, 0) is 97.7 Å². The Morgan fingerprint density at radius 1 is 0.774 bits per heavy atom. The van der Waals surface area contributed by atoms with Crippen LogP contribution in [0.25, 0.3) is 0 Å². The Kier molecular flexibility index (Phi) is 6.43. The van der Waals surface area contributed by atoms with E-state index < -0.39 is 0 Å². The average Bonchev–Trinajstić information content (AvgIpc) is 3.13. The molecule has 3 heteroatoms. The van der Waals surface area contributed by atoms with Crippen LogP contribution in [0.2, 0.25) is 0 Å². The van der Waals surface area contributed by atoms with E-state index in [2.05, 4.69) is 26.8 Å². The van der Waals surface area contributed by atoms with E-state index in [9.17, 15) is 14.4 Å². The highest BCUT2D eigenvalue weighted by atomic mass is 16.1. The molecular weight excluding hydrogens is 384 g/mol. The number of hydrogen-bond acceptors (Lipinski definition) is 3. The minimum absolute atomic E-state index is 0.0630. The number of hydrogen-bond donors (Lipinski definition) is 0. The summed E-state index contributed by atoms with van der Waals surface area (Å²) in [5.74, 6) is 4.54. The maximum Gasteiger partial charge on any atom is 0.154 e. The zero-order valence-electron chi connectivity index (χ0n) is 19.6. The first-order valence-corrected chi connectivity index (χ1v) is 12.7. The minimum Gasteiger partial charge on any atom is -0.298 e. The molecule has 4 aliphatic carbocycles. The fourth-order valence-electron chi connectivity index (χ4n) is 8.96. The molecule has 8 atom stereocenters. The Morgan fingerprint density at radius 3 is 2.19 bits per heavy atom. The Labute approximate surface area is 188 Å². The van der Waals surface area contributed by atoms with Gasteiger partial charge in [-0.2, -0.15) is 0 Å². The molecule has 0 spiro atoms. The summed E-state index contributed by atoms with van der Waals surface area (Å²) in [5.41, 5.74) is 1.08. The van der Waals surface area contributed by atoms with Crippen LogP contribution in [0.3, 0.4) is 0 Å². The largest absolute Gasteiger partial charge is 0.298 e. The molecular formula is C28H40O3. The highest BCUT2D eigenvalue weighted by molar-refractivity contribution is 6.06. The summed E-state index contributed by atoms with van der Waals surface area (Å²) in [7, 11) is 0. The maximum atomic E-state index is 11.4. The van der Waals surface area contributed by atoms with Gasteiger partial charge in [0.25, 0.3) is 0 Å². The lowest BCUT2D eigenvalue weighted by Crippen LogP contribution is -2.53. The third-order valence-electron chi connectivity index (χ3n) is 10.6. The third-order valence-corrected chi connectivity index (χ3v) is 10.6. The molecule has 0 aromatic carbocycles. The van der Waals surface area contributed by atoms with Crippen molar-refractivity contribution in [3.05, 3.63) is 23.3 Å². The van der Waals surface area contributed by atoms with Crippen molar-refractivity contribution >= 4 is 18.9 Å². The monoisotopic (exact) mass is 424 g/mol. The molecule has 3 nitrogen and oxygen atoms in total. The normalized spacial score (nSPS) is 42.7. The predicted molar refractivity (Wildman–Crippen MR) is 123 cm³/mol. The van der Waals surface area contributed by atoms with Crippen molar-refractivity contribution in [2.75, 3.05) is 0 Å². The molecule has 0 saturated heterocycles. The second-order valence-electron chi connectivity index (χ2n) is 11.6. The van der Waals surface area contributed by atoms with E-state index in [1.54, 1.807) is 6.08 Å². The van der Waals surface area contributed by atoms with E-state index in [1.807, 2.05) is 0 Å². The molecule has 0 aliphatic heterocycles. The quantitative estimate of drug-likeness (QED) is 0.170. The first-order chi connectivity index (χ1) is 14.9. The molecule has 0 heterocycles.